The number of aliphatic hydroxyl groups excluding tert-OH is 1. The highest BCUT2D eigenvalue weighted by atomic mass is 16.6. The topological polar surface area (TPSA) is 208 Å². The second-order valence-corrected chi connectivity index (χ2v) is 22.0. The number of aromatic nitrogens is 1. The van der Waals surface area contributed by atoms with Gasteiger partial charge in [0, 0.05) is 17.7 Å². The lowest BCUT2D eigenvalue weighted by Gasteiger charge is -2.61. The third-order valence-electron chi connectivity index (χ3n) is 17.8. The fourth-order valence-corrected chi connectivity index (χ4v) is 15.5. The maximum atomic E-state index is 14.9. The van der Waals surface area contributed by atoms with Crippen molar-refractivity contribution in [3.05, 3.63) is 11.1 Å². The molecule has 0 amide bonds. The maximum Gasteiger partial charge on any atom is 0.317 e. The largest absolute Gasteiger partial charge is 0.492 e. The number of hydrogen-bond acceptors (Lipinski definition) is 13. The minimum atomic E-state index is -1.01. The second-order valence-electron chi connectivity index (χ2n) is 22.0. The van der Waals surface area contributed by atoms with E-state index in [1.807, 2.05) is 34.6 Å². The van der Waals surface area contributed by atoms with Gasteiger partial charge in [0.2, 0.25) is 11.8 Å². The highest BCUT2D eigenvalue weighted by molar-refractivity contribution is 5.97. The number of esters is 5. The van der Waals surface area contributed by atoms with Crippen molar-refractivity contribution < 1.29 is 63.4 Å². The summed E-state index contributed by atoms with van der Waals surface area (Å²) in [6, 6.07) is 0. The number of nitrogens with zero attached hydrogens (tertiary/aromatic N) is 1. The summed E-state index contributed by atoms with van der Waals surface area (Å²) in [5.41, 5.74) is 0.343. The summed E-state index contributed by atoms with van der Waals surface area (Å²) in [5.74, 6) is -11.4. The van der Waals surface area contributed by atoms with Crippen molar-refractivity contribution in [2.75, 3.05) is 19.8 Å². The van der Waals surface area contributed by atoms with Gasteiger partial charge in [-0.1, -0.05) is 40.5 Å². The van der Waals surface area contributed by atoms with Gasteiger partial charge in [-0.2, -0.15) is 0 Å². The predicted molar refractivity (Wildman–Crippen MR) is 230 cm³/mol. The number of rotatable bonds is 15. The van der Waals surface area contributed by atoms with E-state index in [0.717, 1.165) is 25.7 Å². The molecule has 8 fully saturated rings. The van der Waals surface area contributed by atoms with Crippen LogP contribution in [0.4, 0.5) is 0 Å². The first kappa shape index (κ1) is 46.7. The molecule has 0 aromatic carbocycles. The van der Waals surface area contributed by atoms with Gasteiger partial charge < -0.3 is 39.5 Å². The molecule has 6 bridgehead atoms. The van der Waals surface area contributed by atoms with Crippen molar-refractivity contribution in [1.29, 1.82) is 0 Å². The number of cyclic esters (lactones) is 2. The minimum absolute atomic E-state index is 0.0389. The molecule has 14 heteroatoms. The molecule has 7 saturated carbocycles. The lowest BCUT2D eigenvalue weighted by molar-refractivity contribution is -0.185. The van der Waals surface area contributed by atoms with Crippen LogP contribution < -0.4 is 0 Å². The van der Waals surface area contributed by atoms with Gasteiger partial charge in [-0.3, -0.25) is 24.0 Å². The van der Waals surface area contributed by atoms with Crippen LogP contribution in [0, 0.1) is 94.7 Å². The molecule has 356 valence electrons. The first-order valence-electron chi connectivity index (χ1n) is 24.7. The fourth-order valence-electron chi connectivity index (χ4n) is 15.5. The van der Waals surface area contributed by atoms with Gasteiger partial charge in [-0.05, 0) is 162 Å². The zero-order valence-corrected chi connectivity index (χ0v) is 38.9. The first-order chi connectivity index (χ1) is 30.4. The zero-order chi connectivity index (χ0) is 46.1. The summed E-state index contributed by atoms with van der Waals surface area (Å²) in [7, 11) is 0. The highest BCUT2D eigenvalue weighted by Gasteiger charge is 2.68. The Morgan fingerprint density at radius 3 is 1.94 bits per heavy atom. The van der Waals surface area contributed by atoms with Gasteiger partial charge >= 0.3 is 29.8 Å². The third-order valence-corrected chi connectivity index (χ3v) is 17.8. The van der Waals surface area contributed by atoms with Crippen molar-refractivity contribution in [3.8, 4) is 11.8 Å². The molecule has 0 radical (unpaired) electrons. The van der Waals surface area contributed by atoms with Crippen LogP contribution in [0.15, 0.2) is 0 Å². The van der Waals surface area contributed by atoms with Crippen LogP contribution in [-0.2, 0) is 42.9 Å². The zero-order valence-electron chi connectivity index (χ0n) is 38.9. The van der Waals surface area contributed by atoms with Crippen LogP contribution >= 0.6 is 0 Å². The number of fused-ring (bicyclic) bond motifs is 9. The van der Waals surface area contributed by atoms with Crippen LogP contribution in [0.3, 0.4) is 0 Å². The Morgan fingerprint density at radius 2 is 1.33 bits per heavy atom. The van der Waals surface area contributed by atoms with E-state index in [4.69, 9.17) is 18.9 Å². The van der Waals surface area contributed by atoms with E-state index in [1.54, 1.807) is 6.92 Å². The molecular formula is C50H73NO13. The van der Waals surface area contributed by atoms with E-state index >= 15 is 0 Å². The first-order valence-corrected chi connectivity index (χ1v) is 24.7. The smallest absolute Gasteiger partial charge is 0.317 e. The maximum absolute atomic E-state index is 14.9. The Bertz CT molecular complexity index is 1950. The molecule has 18 unspecified atom stereocenters. The minimum Gasteiger partial charge on any atom is -0.492 e. The number of carbonyl (C=O) groups excluding carboxylic acids is 5. The van der Waals surface area contributed by atoms with E-state index in [0.29, 0.717) is 67.2 Å². The second kappa shape index (κ2) is 18.1. The molecule has 10 aliphatic rings. The van der Waals surface area contributed by atoms with Crippen molar-refractivity contribution >= 4 is 29.8 Å². The van der Waals surface area contributed by atoms with Crippen LogP contribution in [0.5, 0.6) is 11.8 Å². The number of aromatic hydroxyl groups is 2. The van der Waals surface area contributed by atoms with Crippen molar-refractivity contribution in [3.63, 3.8) is 0 Å². The monoisotopic (exact) mass is 896 g/mol. The quantitative estimate of drug-likeness (QED) is 0.0443. The average Bonchev–Trinajstić information content (AvgIpc) is 3.69. The summed E-state index contributed by atoms with van der Waals surface area (Å²) >= 11 is 0. The summed E-state index contributed by atoms with van der Waals surface area (Å²) in [5, 5.41) is 44.1. The van der Waals surface area contributed by atoms with E-state index in [2.05, 4.69) is 6.92 Å². The molecule has 1 saturated heterocycles. The van der Waals surface area contributed by atoms with Gasteiger partial charge in [-0.15, -0.1) is 4.73 Å². The van der Waals surface area contributed by atoms with Crippen LogP contribution in [-0.4, -0.2) is 80.5 Å². The molecular weight excluding hydrogens is 823 g/mol. The number of carbonyl (C=O) groups is 5. The molecule has 1 aromatic heterocycles. The van der Waals surface area contributed by atoms with Crippen molar-refractivity contribution in [2.24, 2.45) is 94.7 Å². The molecule has 4 N–H and O–H groups in total. The molecule has 1 aromatic rings. The molecule has 11 rings (SSSR count). The Balaban J connectivity index is 1.25. The Kier molecular flexibility index (Phi) is 13.2. The predicted octanol–water partition coefficient (Wildman–Crippen LogP) is 7.51. The molecule has 9 aliphatic carbocycles. The SMILES string of the molecule is CCCCOC(=O)C(C)C(C(=O)OCCCC)C1C2CCC(CC2CO)C1C1C(=O)OC(=O)C1C1C2CCC(CC2C(=O)OC(C)(C)C)C1C1C2CCC(c3c2c(O)n(O)c3O)C1C. The Morgan fingerprint density at radius 1 is 0.766 bits per heavy atom. The molecule has 2 heterocycles. The van der Waals surface area contributed by atoms with Gasteiger partial charge in [-0.25, -0.2) is 0 Å². The molecule has 18 atom stereocenters. The summed E-state index contributed by atoms with van der Waals surface area (Å²) in [6.45, 7) is 13.6. The van der Waals surface area contributed by atoms with Crippen LogP contribution in [0.25, 0.3) is 0 Å². The average molecular weight is 896 g/mol. The van der Waals surface area contributed by atoms with Crippen molar-refractivity contribution in [1.82, 2.24) is 4.73 Å². The Hall–Kier alpha value is -3.81. The van der Waals surface area contributed by atoms with Gasteiger partial charge in [0.15, 0.2) is 0 Å². The third kappa shape index (κ3) is 7.80. The van der Waals surface area contributed by atoms with Gasteiger partial charge in [0.25, 0.3) is 0 Å². The van der Waals surface area contributed by atoms with E-state index < -0.39 is 76.8 Å². The molecule has 0 spiro atoms. The highest BCUT2D eigenvalue weighted by Crippen LogP contribution is 2.70. The number of hydrogen-bond donors (Lipinski definition) is 4. The molecule has 14 nitrogen and oxygen atoms in total. The Labute approximate surface area is 377 Å². The number of unbranched alkanes of at least 4 members (excludes halogenated alkanes) is 2. The summed E-state index contributed by atoms with van der Waals surface area (Å²) in [6.07, 6.45) is 8.31. The fraction of sp³-hybridized carbons (Fsp3) is 0.820. The van der Waals surface area contributed by atoms with Gasteiger partial charge in [0.1, 0.15) is 5.60 Å². The van der Waals surface area contributed by atoms with Crippen LogP contribution in [0.1, 0.15) is 148 Å². The van der Waals surface area contributed by atoms with E-state index in [-0.39, 0.29) is 96.7 Å². The summed E-state index contributed by atoms with van der Waals surface area (Å²) < 4.78 is 24.1. The standard InChI is InChI=1S/C50H73NO13/c1-8-10-18-61-45(55)24(4)34(47(57)62-19-11-9-2)37-29-14-12-25(20-27(29)22-52)36(37)41-42(49(59)63-48(41)58)38-30-15-13-26(21-32(30)46(56)64-50(5,6)7)35(38)33-23(3)28-16-17-31(33)40-39(28)43(53)51(60)44(40)54/h23-38,41-42,52-54,60H,8-22H2,1-7H3. The summed E-state index contributed by atoms with van der Waals surface area (Å²) in [4.78, 5) is 72.7. The number of ether oxygens (including phenoxy) is 4. The van der Waals surface area contributed by atoms with Crippen molar-refractivity contribution in [2.45, 2.75) is 143 Å². The lowest BCUT2D eigenvalue weighted by Crippen LogP contribution is -2.60. The van der Waals surface area contributed by atoms with Gasteiger partial charge in [0.05, 0.1) is 42.8 Å². The van der Waals surface area contributed by atoms with E-state index in [9.17, 15) is 44.5 Å². The normalized spacial score (nSPS) is 38.4. The lowest BCUT2D eigenvalue weighted by atomic mass is 9.41. The van der Waals surface area contributed by atoms with Crippen LogP contribution in [0.2, 0.25) is 0 Å². The number of aliphatic hydroxyl groups is 1. The molecule has 64 heavy (non-hydrogen) atoms. The van der Waals surface area contributed by atoms with E-state index in [1.165, 1.54) is 0 Å². The molecule has 1 aliphatic heterocycles.